The Bertz CT molecular complexity index is 510. The number of nitrogens with zero attached hydrogens (tertiary/aromatic N) is 1. The summed E-state index contributed by atoms with van der Waals surface area (Å²) in [7, 11) is -3.07. The summed E-state index contributed by atoms with van der Waals surface area (Å²) in [5, 5.41) is 3.38. The van der Waals surface area contributed by atoms with Crippen molar-refractivity contribution < 1.29 is 8.42 Å². The van der Waals surface area contributed by atoms with E-state index in [-0.39, 0.29) is 5.75 Å². The average Bonchev–Trinajstić information content (AvgIpc) is 2.72. The van der Waals surface area contributed by atoms with Gasteiger partial charge in [-0.05, 0) is 45.4 Å². The molecule has 4 nitrogen and oxygen atoms in total. The fraction of sp³-hybridized carbons (Fsp3) is 0.733. The molecule has 1 rings (SSSR count). The Hall–Kier alpha value is -0.810. The van der Waals surface area contributed by atoms with Crippen LogP contribution in [0, 0.1) is 5.92 Å². The number of sulfone groups is 1. The first-order valence-corrected chi connectivity index (χ1v) is 8.86. The zero-order chi connectivity index (χ0) is 15.4. The molecule has 0 radical (unpaired) electrons. The van der Waals surface area contributed by atoms with Gasteiger partial charge in [-0.25, -0.2) is 8.42 Å². The summed E-state index contributed by atoms with van der Waals surface area (Å²) in [4.78, 5) is 0. The average molecular weight is 300 g/mol. The van der Waals surface area contributed by atoms with Gasteiger partial charge in [-0.2, -0.15) is 0 Å². The second kappa shape index (κ2) is 6.76. The lowest BCUT2D eigenvalue weighted by molar-refractivity contribution is 0.532. The quantitative estimate of drug-likeness (QED) is 0.841. The van der Waals surface area contributed by atoms with E-state index in [0.29, 0.717) is 12.5 Å². The Kier molecular flexibility index (Phi) is 5.83. The minimum atomic E-state index is -3.07. The van der Waals surface area contributed by atoms with Crippen molar-refractivity contribution in [3.63, 3.8) is 0 Å². The molecule has 1 aromatic heterocycles. The second-order valence-corrected chi connectivity index (χ2v) is 9.51. The van der Waals surface area contributed by atoms with Crippen molar-refractivity contribution >= 4 is 9.84 Å². The van der Waals surface area contributed by atoms with Crippen LogP contribution in [-0.4, -0.2) is 30.0 Å². The molecule has 0 aromatic carbocycles. The number of aromatic nitrogens is 1. The highest BCUT2D eigenvalue weighted by atomic mass is 32.2. The van der Waals surface area contributed by atoms with Gasteiger partial charge in [0.1, 0.15) is 0 Å². The molecule has 5 heteroatoms. The maximum atomic E-state index is 12.1. The molecule has 0 saturated heterocycles. The highest BCUT2D eigenvalue weighted by Crippen LogP contribution is 2.16. The van der Waals surface area contributed by atoms with Crippen LogP contribution in [0.2, 0.25) is 0 Å². The van der Waals surface area contributed by atoms with E-state index in [1.54, 1.807) is 20.8 Å². The third-order valence-electron chi connectivity index (χ3n) is 3.32. The minimum absolute atomic E-state index is 0.183. The van der Waals surface area contributed by atoms with Crippen LogP contribution in [0.4, 0.5) is 0 Å². The number of hydrogen-bond donors (Lipinski definition) is 1. The van der Waals surface area contributed by atoms with Crippen molar-refractivity contribution in [3.05, 3.63) is 24.0 Å². The molecule has 0 aliphatic heterocycles. The van der Waals surface area contributed by atoms with E-state index in [0.717, 1.165) is 18.8 Å². The molecule has 0 bridgehead atoms. The summed E-state index contributed by atoms with van der Waals surface area (Å²) >= 11 is 0. The second-order valence-electron chi connectivity index (χ2n) is 6.65. The van der Waals surface area contributed by atoms with Crippen molar-refractivity contribution in [2.75, 3.05) is 12.3 Å². The van der Waals surface area contributed by atoms with E-state index >= 15 is 0 Å². The molecule has 0 aliphatic carbocycles. The zero-order valence-electron chi connectivity index (χ0n) is 13.3. The Morgan fingerprint density at radius 1 is 1.30 bits per heavy atom. The van der Waals surface area contributed by atoms with Crippen LogP contribution in [0.15, 0.2) is 18.3 Å². The lowest BCUT2D eigenvalue weighted by atomic mass is 10.2. The van der Waals surface area contributed by atoms with Crippen LogP contribution in [0.3, 0.4) is 0 Å². The standard InChI is InChI=1S/C15H28N2O2S/c1-13(2)11-16-12-14-7-6-8-17(14)9-10-20(18,19)15(3,4)5/h6-8,13,16H,9-12H2,1-5H3. The highest BCUT2D eigenvalue weighted by molar-refractivity contribution is 7.92. The molecule has 20 heavy (non-hydrogen) atoms. The minimum Gasteiger partial charge on any atom is -0.349 e. The molecule has 0 amide bonds. The van der Waals surface area contributed by atoms with Gasteiger partial charge in [-0.3, -0.25) is 0 Å². The van der Waals surface area contributed by atoms with Crippen LogP contribution in [-0.2, 0) is 22.9 Å². The van der Waals surface area contributed by atoms with Gasteiger partial charge >= 0.3 is 0 Å². The normalized spacial score (nSPS) is 13.1. The molecular formula is C15H28N2O2S. The summed E-state index contributed by atoms with van der Waals surface area (Å²) in [5.74, 6) is 0.794. The van der Waals surface area contributed by atoms with Gasteiger partial charge in [0.05, 0.1) is 10.5 Å². The molecule has 0 unspecified atom stereocenters. The Labute approximate surface area is 123 Å². The fourth-order valence-corrected chi connectivity index (χ4v) is 2.89. The molecule has 1 heterocycles. The number of nitrogens with one attached hydrogen (secondary N) is 1. The van der Waals surface area contributed by atoms with Crippen molar-refractivity contribution in [3.8, 4) is 0 Å². The maximum absolute atomic E-state index is 12.1. The van der Waals surface area contributed by atoms with Crippen LogP contribution >= 0.6 is 0 Å². The molecular weight excluding hydrogens is 272 g/mol. The smallest absolute Gasteiger partial charge is 0.156 e. The van der Waals surface area contributed by atoms with E-state index in [9.17, 15) is 8.42 Å². The fourth-order valence-electron chi connectivity index (χ4n) is 1.84. The summed E-state index contributed by atoms with van der Waals surface area (Å²) in [6.07, 6.45) is 1.95. The van der Waals surface area contributed by atoms with Crippen molar-refractivity contribution in [1.82, 2.24) is 9.88 Å². The van der Waals surface area contributed by atoms with Crippen molar-refractivity contribution in [2.45, 2.75) is 52.5 Å². The summed E-state index contributed by atoms with van der Waals surface area (Å²) in [5.41, 5.74) is 1.13. The molecule has 116 valence electrons. The lowest BCUT2D eigenvalue weighted by Gasteiger charge is -2.20. The third kappa shape index (κ3) is 4.94. The SMILES string of the molecule is CC(C)CNCc1cccn1CCS(=O)(=O)C(C)(C)C. The van der Waals surface area contributed by atoms with Crippen LogP contribution in [0.5, 0.6) is 0 Å². The van der Waals surface area contributed by atoms with Gasteiger partial charge in [0, 0.05) is 25.0 Å². The number of hydrogen-bond acceptors (Lipinski definition) is 3. The molecule has 0 atom stereocenters. The Morgan fingerprint density at radius 2 is 1.95 bits per heavy atom. The van der Waals surface area contributed by atoms with Crippen molar-refractivity contribution in [1.29, 1.82) is 0 Å². The predicted molar refractivity (Wildman–Crippen MR) is 84.5 cm³/mol. The molecule has 0 aliphatic rings. The van der Waals surface area contributed by atoms with E-state index in [4.69, 9.17) is 0 Å². The van der Waals surface area contributed by atoms with E-state index in [2.05, 4.69) is 19.2 Å². The van der Waals surface area contributed by atoms with Gasteiger partial charge in [0.25, 0.3) is 0 Å². The first-order valence-electron chi connectivity index (χ1n) is 7.20. The van der Waals surface area contributed by atoms with E-state index in [1.165, 1.54) is 0 Å². The van der Waals surface area contributed by atoms with Gasteiger partial charge < -0.3 is 9.88 Å². The maximum Gasteiger partial charge on any atom is 0.156 e. The molecule has 1 N–H and O–H groups in total. The van der Waals surface area contributed by atoms with Gasteiger partial charge in [-0.15, -0.1) is 0 Å². The van der Waals surface area contributed by atoms with Gasteiger partial charge in [0.2, 0.25) is 0 Å². The first kappa shape index (κ1) is 17.2. The zero-order valence-corrected chi connectivity index (χ0v) is 14.1. The number of aryl methyl sites for hydroxylation is 1. The Morgan fingerprint density at radius 3 is 2.50 bits per heavy atom. The van der Waals surface area contributed by atoms with E-state index < -0.39 is 14.6 Å². The first-order chi connectivity index (χ1) is 9.13. The predicted octanol–water partition coefficient (Wildman–Crippen LogP) is 2.45. The molecule has 0 spiro atoms. The van der Waals surface area contributed by atoms with Gasteiger partial charge in [-0.1, -0.05) is 13.8 Å². The van der Waals surface area contributed by atoms with Gasteiger partial charge in [0.15, 0.2) is 9.84 Å². The third-order valence-corrected chi connectivity index (χ3v) is 5.90. The van der Waals surface area contributed by atoms with Crippen LogP contribution in [0.25, 0.3) is 0 Å². The molecule has 0 fully saturated rings. The molecule has 1 aromatic rings. The summed E-state index contributed by atoms with van der Waals surface area (Å²) < 4.78 is 25.6. The topological polar surface area (TPSA) is 51.1 Å². The molecule has 0 saturated carbocycles. The summed E-state index contributed by atoms with van der Waals surface area (Å²) in [6.45, 7) is 11.9. The number of rotatable bonds is 7. The van der Waals surface area contributed by atoms with Crippen molar-refractivity contribution in [2.24, 2.45) is 5.92 Å². The van der Waals surface area contributed by atoms with E-state index in [1.807, 2.05) is 22.9 Å². The van der Waals surface area contributed by atoms with Crippen LogP contribution in [0.1, 0.15) is 40.3 Å². The van der Waals surface area contributed by atoms with Crippen LogP contribution < -0.4 is 5.32 Å². The highest BCUT2D eigenvalue weighted by Gasteiger charge is 2.28. The Balaban J connectivity index is 2.60. The largest absolute Gasteiger partial charge is 0.349 e. The lowest BCUT2D eigenvalue weighted by Crippen LogP contribution is -2.32. The summed E-state index contributed by atoms with van der Waals surface area (Å²) in [6, 6.07) is 4.01. The monoisotopic (exact) mass is 300 g/mol.